The molecule has 2 N–H and O–H groups in total. The zero-order valence-electron chi connectivity index (χ0n) is 14.1. The highest BCUT2D eigenvalue weighted by Crippen LogP contribution is 2.10. The highest BCUT2D eigenvalue weighted by molar-refractivity contribution is 5.85. The zero-order chi connectivity index (χ0) is 15.7. The van der Waals surface area contributed by atoms with E-state index in [0.717, 1.165) is 19.6 Å². The van der Waals surface area contributed by atoms with Crippen LogP contribution >= 0.6 is 24.8 Å². The fraction of sp³-hybridized carbons (Fsp3) is 0.688. The Morgan fingerprint density at radius 3 is 2.39 bits per heavy atom. The van der Waals surface area contributed by atoms with Gasteiger partial charge in [0.15, 0.2) is 0 Å². The highest BCUT2D eigenvalue weighted by Gasteiger charge is 2.24. The van der Waals surface area contributed by atoms with Crippen molar-refractivity contribution in [1.29, 1.82) is 0 Å². The van der Waals surface area contributed by atoms with Crippen molar-refractivity contribution in [3.05, 3.63) is 25.3 Å². The van der Waals surface area contributed by atoms with Gasteiger partial charge in [0.1, 0.15) is 6.04 Å². The van der Waals surface area contributed by atoms with E-state index in [1.807, 2.05) is 12.2 Å². The Labute approximate surface area is 152 Å². The molecule has 1 saturated heterocycles. The van der Waals surface area contributed by atoms with Gasteiger partial charge in [-0.15, -0.1) is 38.0 Å². The molecule has 0 bridgehead atoms. The van der Waals surface area contributed by atoms with Crippen molar-refractivity contribution in [2.75, 3.05) is 39.4 Å². The fourth-order valence-electron chi connectivity index (χ4n) is 2.53. The highest BCUT2D eigenvalue weighted by atomic mass is 35.5. The average molecular weight is 368 g/mol. The maximum Gasteiger partial charge on any atom is 0.239 e. The molecule has 0 spiro atoms. The molecule has 1 heterocycles. The van der Waals surface area contributed by atoms with Crippen LogP contribution in [0.15, 0.2) is 25.3 Å². The lowest BCUT2D eigenvalue weighted by atomic mass is 10.0. The van der Waals surface area contributed by atoms with Crippen molar-refractivity contribution in [3.8, 4) is 0 Å². The summed E-state index contributed by atoms with van der Waals surface area (Å²) >= 11 is 0. The predicted molar refractivity (Wildman–Crippen MR) is 101 cm³/mol. The number of carbonyl (C=O) groups excluding carboxylic acids is 1. The number of nitrogens with zero attached hydrogens (tertiary/aromatic N) is 1. The molecule has 2 unspecified atom stereocenters. The minimum absolute atomic E-state index is 0. The molecule has 1 fully saturated rings. The molecule has 0 aromatic rings. The maximum atomic E-state index is 12.2. The van der Waals surface area contributed by atoms with Gasteiger partial charge in [0.05, 0.1) is 13.2 Å². The molecule has 7 heteroatoms. The number of carbonyl (C=O) groups is 1. The molecule has 1 amide bonds. The number of hydrogen-bond donors (Lipinski definition) is 2. The Kier molecular flexibility index (Phi) is 14.8. The van der Waals surface area contributed by atoms with E-state index in [0.29, 0.717) is 25.7 Å². The van der Waals surface area contributed by atoms with Crippen molar-refractivity contribution in [2.24, 2.45) is 5.92 Å². The first kappa shape index (κ1) is 24.7. The first-order valence-electron chi connectivity index (χ1n) is 7.64. The number of ether oxygens (including phenoxy) is 1. The average Bonchev–Trinajstić information content (AvgIpc) is 2.48. The van der Waals surface area contributed by atoms with Crippen LogP contribution in [0.5, 0.6) is 0 Å². The topological polar surface area (TPSA) is 53.6 Å². The van der Waals surface area contributed by atoms with Gasteiger partial charge in [-0.2, -0.15) is 0 Å². The maximum absolute atomic E-state index is 12.2. The number of hydrogen-bond acceptors (Lipinski definition) is 4. The monoisotopic (exact) mass is 367 g/mol. The number of morpholine rings is 1. The zero-order valence-corrected chi connectivity index (χ0v) is 15.8. The third-order valence-corrected chi connectivity index (χ3v) is 3.69. The minimum Gasteiger partial charge on any atom is -0.378 e. The van der Waals surface area contributed by atoms with Crippen LogP contribution in [0.3, 0.4) is 0 Å². The van der Waals surface area contributed by atoms with Gasteiger partial charge in [-0.05, 0) is 5.92 Å². The SMILES string of the molecule is C=CCN(CC=C)C(CNC(=O)C1COCCN1)C(C)C.Cl.Cl. The molecular formula is C16H31Cl2N3O2. The van der Waals surface area contributed by atoms with Gasteiger partial charge in [0, 0.05) is 32.2 Å². The number of nitrogens with one attached hydrogen (secondary N) is 2. The van der Waals surface area contributed by atoms with Crippen LogP contribution in [0.25, 0.3) is 0 Å². The minimum atomic E-state index is -0.237. The summed E-state index contributed by atoms with van der Waals surface area (Å²) in [7, 11) is 0. The quantitative estimate of drug-likeness (QED) is 0.608. The molecule has 0 aliphatic carbocycles. The molecule has 1 aliphatic rings. The molecule has 0 aromatic carbocycles. The Morgan fingerprint density at radius 2 is 1.96 bits per heavy atom. The van der Waals surface area contributed by atoms with Gasteiger partial charge in [0.2, 0.25) is 5.91 Å². The Bertz CT molecular complexity index is 338. The summed E-state index contributed by atoms with van der Waals surface area (Å²) in [5.74, 6) is 0.443. The molecule has 1 aliphatic heterocycles. The smallest absolute Gasteiger partial charge is 0.239 e. The molecule has 136 valence electrons. The molecule has 0 radical (unpaired) electrons. The van der Waals surface area contributed by atoms with E-state index in [4.69, 9.17) is 4.74 Å². The van der Waals surface area contributed by atoms with Gasteiger partial charge in [-0.3, -0.25) is 9.69 Å². The first-order valence-corrected chi connectivity index (χ1v) is 7.64. The van der Waals surface area contributed by atoms with Crippen molar-refractivity contribution in [3.63, 3.8) is 0 Å². The van der Waals surface area contributed by atoms with Gasteiger partial charge in [0.25, 0.3) is 0 Å². The number of rotatable bonds is 9. The third-order valence-electron chi connectivity index (χ3n) is 3.69. The van der Waals surface area contributed by atoms with E-state index in [9.17, 15) is 4.79 Å². The number of halogens is 2. The van der Waals surface area contributed by atoms with Gasteiger partial charge >= 0.3 is 0 Å². The van der Waals surface area contributed by atoms with E-state index in [-0.39, 0.29) is 42.8 Å². The van der Waals surface area contributed by atoms with E-state index < -0.39 is 0 Å². The second kappa shape index (κ2) is 13.8. The molecule has 0 aromatic heterocycles. The lowest BCUT2D eigenvalue weighted by molar-refractivity contribution is -0.126. The van der Waals surface area contributed by atoms with Crippen LogP contribution in [-0.2, 0) is 9.53 Å². The summed E-state index contributed by atoms with van der Waals surface area (Å²) < 4.78 is 5.32. The third kappa shape index (κ3) is 8.72. The molecular weight excluding hydrogens is 337 g/mol. The first-order chi connectivity index (χ1) is 10.1. The summed E-state index contributed by atoms with van der Waals surface area (Å²) in [6.07, 6.45) is 3.77. The normalized spacial score (nSPS) is 18.5. The van der Waals surface area contributed by atoms with Gasteiger partial charge < -0.3 is 15.4 Å². The van der Waals surface area contributed by atoms with Crippen LogP contribution in [0.4, 0.5) is 0 Å². The molecule has 5 nitrogen and oxygen atoms in total. The van der Waals surface area contributed by atoms with Gasteiger partial charge in [-0.25, -0.2) is 0 Å². The van der Waals surface area contributed by atoms with Crippen molar-refractivity contribution in [2.45, 2.75) is 25.9 Å². The summed E-state index contributed by atoms with van der Waals surface area (Å²) in [5.41, 5.74) is 0. The predicted octanol–water partition coefficient (Wildman–Crippen LogP) is 1.63. The second-order valence-corrected chi connectivity index (χ2v) is 5.67. The van der Waals surface area contributed by atoms with E-state index in [1.54, 1.807) is 0 Å². The standard InChI is InChI=1S/C16H29N3O2.2ClH/c1-5-8-19(9-6-2)15(13(3)4)11-18-16(20)14-12-21-10-7-17-14;;/h5-6,13-15,17H,1-2,7-12H2,3-4H3,(H,18,20);2*1H. The molecule has 1 rings (SSSR count). The second-order valence-electron chi connectivity index (χ2n) is 5.67. The summed E-state index contributed by atoms with van der Waals surface area (Å²) in [6, 6.07) is 0.0216. The largest absolute Gasteiger partial charge is 0.378 e. The van der Waals surface area contributed by atoms with Crippen molar-refractivity contribution >= 4 is 30.7 Å². The fourth-order valence-corrected chi connectivity index (χ4v) is 2.53. The molecule has 2 atom stereocenters. The molecule has 23 heavy (non-hydrogen) atoms. The van der Waals surface area contributed by atoms with Crippen molar-refractivity contribution in [1.82, 2.24) is 15.5 Å². The van der Waals surface area contributed by atoms with Gasteiger partial charge in [-0.1, -0.05) is 26.0 Å². The number of amides is 1. The van der Waals surface area contributed by atoms with E-state index in [1.165, 1.54) is 0 Å². The van der Waals surface area contributed by atoms with Crippen LogP contribution in [0.1, 0.15) is 13.8 Å². The lowest BCUT2D eigenvalue weighted by Crippen LogP contribution is -2.54. The van der Waals surface area contributed by atoms with E-state index >= 15 is 0 Å². The van der Waals surface area contributed by atoms with Crippen molar-refractivity contribution < 1.29 is 9.53 Å². The Hall–Kier alpha value is -0.590. The molecule has 0 saturated carbocycles. The van der Waals surface area contributed by atoms with Crippen LogP contribution in [0.2, 0.25) is 0 Å². The lowest BCUT2D eigenvalue weighted by Gasteiger charge is -2.33. The van der Waals surface area contributed by atoms with E-state index in [2.05, 4.69) is 42.5 Å². The van der Waals surface area contributed by atoms with Crippen LogP contribution in [0, 0.1) is 5.92 Å². The Morgan fingerprint density at radius 1 is 1.35 bits per heavy atom. The summed E-state index contributed by atoms with van der Waals surface area (Å²) in [6.45, 7) is 16.0. The Balaban J connectivity index is 0. The summed E-state index contributed by atoms with van der Waals surface area (Å²) in [5, 5.41) is 6.21. The van der Waals surface area contributed by atoms with Crippen LogP contribution in [-0.4, -0.2) is 62.3 Å². The van der Waals surface area contributed by atoms with Crippen LogP contribution < -0.4 is 10.6 Å². The summed E-state index contributed by atoms with van der Waals surface area (Å²) in [4.78, 5) is 14.4.